The summed E-state index contributed by atoms with van der Waals surface area (Å²) in [5.41, 5.74) is 1.88. The van der Waals surface area contributed by atoms with E-state index in [9.17, 15) is 4.79 Å². The Morgan fingerprint density at radius 3 is 3.00 bits per heavy atom. The Balaban J connectivity index is 2.50. The van der Waals surface area contributed by atoms with Crippen molar-refractivity contribution in [3.05, 3.63) is 39.7 Å². The number of aromatic nitrogens is 1. The van der Waals surface area contributed by atoms with Gasteiger partial charge in [0.2, 0.25) is 0 Å². The van der Waals surface area contributed by atoms with Gasteiger partial charge in [-0.05, 0) is 26.0 Å². The van der Waals surface area contributed by atoms with Crippen molar-refractivity contribution < 1.29 is 9.53 Å². The minimum Gasteiger partial charge on any atom is -0.462 e. The molecule has 0 bridgehead atoms. The number of aryl methyl sites for hydroxylation is 1. The lowest BCUT2D eigenvalue weighted by atomic mass is 10.1. The fourth-order valence-corrected chi connectivity index (χ4v) is 2.53. The molecule has 2 aromatic rings. The van der Waals surface area contributed by atoms with Crippen LogP contribution in [0.3, 0.4) is 0 Å². The van der Waals surface area contributed by atoms with Gasteiger partial charge >= 0.3 is 5.97 Å². The molecular weight excluding hydrogens is 260 g/mol. The number of nitrogens with zero attached hydrogens (tertiary/aromatic N) is 2. The number of hydrogen-bond donors (Lipinski definition) is 0. The lowest BCUT2D eigenvalue weighted by Gasteiger charge is -2.02. The Kier molecular flexibility index (Phi) is 3.93. The molecule has 0 aliphatic heterocycles. The van der Waals surface area contributed by atoms with Crippen molar-refractivity contribution in [3.63, 3.8) is 0 Å². The molecule has 4 nitrogen and oxygen atoms in total. The van der Waals surface area contributed by atoms with Crippen molar-refractivity contribution >= 4 is 17.3 Å². The highest BCUT2D eigenvalue weighted by atomic mass is 32.1. The van der Waals surface area contributed by atoms with Crippen LogP contribution < -0.4 is 0 Å². The summed E-state index contributed by atoms with van der Waals surface area (Å²) >= 11 is 1.30. The first kappa shape index (κ1) is 13.2. The molecule has 0 aliphatic rings. The Hall–Kier alpha value is -2.19. The molecule has 0 radical (unpaired) electrons. The summed E-state index contributed by atoms with van der Waals surface area (Å²) in [6, 6.07) is 9.12. The van der Waals surface area contributed by atoms with Crippen LogP contribution in [-0.2, 0) is 4.74 Å². The van der Waals surface area contributed by atoms with Crippen LogP contribution in [0.4, 0.5) is 0 Å². The second kappa shape index (κ2) is 5.63. The van der Waals surface area contributed by atoms with Crippen LogP contribution in [0.15, 0.2) is 24.3 Å². The molecule has 0 atom stereocenters. The highest BCUT2D eigenvalue weighted by Gasteiger charge is 2.19. The van der Waals surface area contributed by atoms with E-state index in [-0.39, 0.29) is 5.97 Å². The third-order valence-corrected chi connectivity index (χ3v) is 3.41. The lowest BCUT2D eigenvalue weighted by Crippen LogP contribution is -2.04. The number of esters is 1. The molecule has 0 amide bonds. The van der Waals surface area contributed by atoms with Gasteiger partial charge in [-0.2, -0.15) is 5.26 Å². The van der Waals surface area contributed by atoms with Crippen molar-refractivity contribution in [2.24, 2.45) is 0 Å². The minimum absolute atomic E-state index is 0.327. The van der Waals surface area contributed by atoms with Crippen LogP contribution in [-0.4, -0.2) is 17.6 Å². The van der Waals surface area contributed by atoms with Gasteiger partial charge in [0.25, 0.3) is 0 Å². The summed E-state index contributed by atoms with van der Waals surface area (Å²) < 4.78 is 5.03. The zero-order chi connectivity index (χ0) is 13.8. The van der Waals surface area contributed by atoms with E-state index in [1.165, 1.54) is 11.3 Å². The Morgan fingerprint density at radius 1 is 1.53 bits per heavy atom. The number of ether oxygens (including phenoxy) is 1. The van der Waals surface area contributed by atoms with Crippen LogP contribution in [0.25, 0.3) is 11.3 Å². The summed E-state index contributed by atoms with van der Waals surface area (Å²) in [4.78, 5) is 16.7. The molecule has 19 heavy (non-hydrogen) atoms. The maximum Gasteiger partial charge on any atom is 0.350 e. The normalized spacial score (nSPS) is 9.95. The Bertz CT molecular complexity index is 656. The number of carbonyl (C=O) groups is 1. The summed E-state index contributed by atoms with van der Waals surface area (Å²) in [5.74, 6) is -0.370. The maximum absolute atomic E-state index is 11.9. The van der Waals surface area contributed by atoms with Crippen molar-refractivity contribution in [1.82, 2.24) is 4.98 Å². The second-order valence-electron chi connectivity index (χ2n) is 3.82. The number of nitriles is 1. The summed E-state index contributed by atoms with van der Waals surface area (Å²) in [5, 5.41) is 9.71. The standard InChI is InChI=1S/C14H12N2O2S/c1-3-18-14(17)13-12(16-9(2)19-13)11-6-4-5-10(7-11)8-15/h4-7H,3H2,1-2H3. The first-order valence-corrected chi connectivity index (χ1v) is 6.62. The summed E-state index contributed by atoms with van der Waals surface area (Å²) in [6.45, 7) is 3.93. The zero-order valence-electron chi connectivity index (χ0n) is 10.6. The molecule has 1 heterocycles. The van der Waals surface area contributed by atoms with Gasteiger partial charge in [0.05, 0.1) is 28.9 Å². The van der Waals surface area contributed by atoms with Crippen LogP contribution in [0, 0.1) is 18.3 Å². The average Bonchev–Trinajstić information content (AvgIpc) is 2.81. The Morgan fingerprint density at radius 2 is 2.32 bits per heavy atom. The molecule has 0 saturated heterocycles. The number of carbonyl (C=O) groups excluding carboxylic acids is 1. The molecule has 1 aromatic heterocycles. The van der Waals surface area contributed by atoms with Gasteiger partial charge in [-0.3, -0.25) is 0 Å². The van der Waals surface area contributed by atoms with E-state index in [0.29, 0.717) is 22.7 Å². The molecule has 0 aliphatic carbocycles. The predicted octanol–water partition coefficient (Wildman–Crippen LogP) is 3.17. The predicted molar refractivity (Wildman–Crippen MR) is 73.0 cm³/mol. The van der Waals surface area contributed by atoms with Crippen molar-refractivity contribution in [2.45, 2.75) is 13.8 Å². The fourth-order valence-electron chi connectivity index (χ4n) is 1.69. The third kappa shape index (κ3) is 2.80. The van der Waals surface area contributed by atoms with Gasteiger partial charge in [0.1, 0.15) is 4.88 Å². The third-order valence-electron chi connectivity index (χ3n) is 2.46. The smallest absolute Gasteiger partial charge is 0.350 e. The Labute approximate surface area is 115 Å². The molecule has 5 heteroatoms. The van der Waals surface area contributed by atoms with E-state index in [4.69, 9.17) is 10.00 Å². The minimum atomic E-state index is -0.370. The zero-order valence-corrected chi connectivity index (χ0v) is 11.5. The van der Waals surface area contributed by atoms with Crippen molar-refractivity contribution in [1.29, 1.82) is 5.26 Å². The van der Waals surface area contributed by atoms with E-state index in [1.807, 2.05) is 13.0 Å². The SMILES string of the molecule is CCOC(=O)c1sc(C)nc1-c1cccc(C#N)c1. The molecule has 0 unspecified atom stereocenters. The molecule has 0 saturated carbocycles. The molecular formula is C14H12N2O2S. The quantitative estimate of drug-likeness (QED) is 0.805. The van der Waals surface area contributed by atoms with Gasteiger partial charge in [0.15, 0.2) is 0 Å². The summed E-state index contributed by atoms with van der Waals surface area (Å²) in [6.07, 6.45) is 0. The highest BCUT2D eigenvalue weighted by molar-refractivity contribution is 7.14. The van der Waals surface area contributed by atoms with Crippen LogP contribution >= 0.6 is 11.3 Å². The van der Waals surface area contributed by atoms with E-state index < -0.39 is 0 Å². The van der Waals surface area contributed by atoms with Crippen LogP contribution in [0.1, 0.15) is 27.2 Å². The first-order chi connectivity index (χ1) is 9.15. The monoisotopic (exact) mass is 272 g/mol. The van der Waals surface area contributed by atoms with Gasteiger partial charge in [-0.1, -0.05) is 12.1 Å². The second-order valence-corrected chi connectivity index (χ2v) is 5.03. The van der Waals surface area contributed by atoms with E-state index in [2.05, 4.69) is 11.1 Å². The van der Waals surface area contributed by atoms with Crippen molar-refractivity contribution in [2.75, 3.05) is 6.61 Å². The maximum atomic E-state index is 11.9. The van der Waals surface area contributed by atoms with Gasteiger partial charge in [-0.25, -0.2) is 9.78 Å². The molecule has 96 valence electrons. The van der Waals surface area contributed by atoms with E-state index >= 15 is 0 Å². The lowest BCUT2D eigenvalue weighted by molar-refractivity contribution is 0.0532. The largest absolute Gasteiger partial charge is 0.462 e. The first-order valence-electron chi connectivity index (χ1n) is 5.80. The van der Waals surface area contributed by atoms with Crippen LogP contribution in [0.5, 0.6) is 0 Å². The van der Waals surface area contributed by atoms with E-state index in [1.54, 1.807) is 25.1 Å². The van der Waals surface area contributed by atoms with Crippen LogP contribution in [0.2, 0.25) is 0 Å². The highest BCUT2D eigenvalue weighted by Crippen LogP contribution is 2.29. The summed E-state index contributed by atoms with van der Waals surface area (Å²) in [7, 11) is 0. The average molecular weight is 272 g/mol. The van der Waals surface area contributed by atoms with E-state index in [0.717, 1.165) is 10.6 Å². The fraction of sp³-hybridized carbons (Fsp3) is 0.214. The van der Waals surface area contributed by atoms with Gasteiger partial charge in [0, 0.05) is 5.56 Å². The van der Waals surface area contributed by atoms with Crippen molar-refractivity contribution in [3.8, 4) is 17.3 Å². The molecule has 2 rings (SSSR count). The number of benzene rings is 1. The number of thiazole rings is 1. The molecule has 0 N–H and O–H groups in total. The molecule has 0 spiro atoms. The van der Waals surface area contributed by atoms with Gasteiger partial charge < -0.3 is 4.74 Å². The van der Waals surface area contributed by atoms with Gasteiger partial charge in [-0.15, -0.1) is 11.3 Å². The number of hydrogen-bond acceptors (Lipinski definition) is 5. The molecule has 0 fully saturated rings. The topological polar surface area (TPSA) is 63.0 Å². The molecule has 1 aromatic carbocycles. The number of rotatable bonds is 3.